The lowest BCUT2D eigenvalue weighted by atomic mass is 10.0. The summed E-state index contributed by atoms with van der Waals surface area (Å²) in [7, 11) is -3.51. The maximum absolute atomic E-state index is 12.6. The minimum absolute atomic E-state index is 0.0383. The van der Waals surface area contributed by atoms with Crippen molar-refractivity contribution in [3.8, 4) is 0 Å². The molecule has 4 rings (SSSR count). The summed E-state index contributed by atoms with van der Waals surface area (Å²) in [4.78, 5) is 16.7. The molecule has 164 valence electrons. The molecule has 1 aromatic carbocycles. The summed E-state index contributed by atoms with van der Waals surface area (Å²) in [5.41, 5.74) is 3.73. The summed E-state index contributed by atoms with van der Waals surface area (Å²) in [6.07, 6.45) is 6.21. The lowest BCUT2D eigenvalue weighted by Crippen LogP contribution is -2.16. The minimum Gasteiger partial charge on any atom is -0.466 e. The molecule has 2 heterocycles. The highest BCUT2D eigenvalue weighted by Crippen LogP contribution is 2.45. The summed E-state index contributed by atoms with van der Waals surface area (Å²) < 4.78 is 32.5. The zero-order chi connectivity index (χ0) is 22.3. The first kappa shape index (κ1) is 21.8. The molecule has 0 bridgehead atoms. The summed E-state index contributed by atoms with van der Waals surface area (Å²) in [5, 5.41) is 1.48. The van der Waals surface area contributed by atoms with Crippen LogP contribution in [0.25, 0.3) is 10.9 Å². The van der Waals surface area contributed by atoms with Gasteiger partial charge in [-0.15, -0.1) is 0 Å². The van der Waals surface area contributed by atoms with Crippen LogP contribution in [-0.2, 0) is 25.8 Å². The van der Waals surface area contributed by atoms with Crippen molar-refractivity contribution >= 4 is 38.3 Å². The van der Waals surface area contributed by atoms with Crippen molar-refractivity contribution in [1.29, 1.82) is 0 Å². The van der Waals surface area contributed by atoms with Gasteiger partial charge in [0.25, 0.3) is 0 Å². The topological polar surface area (TPSA) is 78.3 Å². The van der Waals surface area contributed by atoms with Gasteiger partial charge in [0.1, 0.15) is 4.90 Å². The van der Waals surface area contributed by atoms with Gasteiger partial charge in [-0.1, -0.05) is 23.7 Å². The van der Waals surface area contributed by atoms with Crippen LogP contribution < -0.4 is 0 Å². The monoisotopic (exact) mass is 460 g/mol. The average molecular weight is 461 g/mol. The molecule has 0 radical (unpaired) electrons. The number of aryl methyl sites for hydroxylation is 1. The van der Waals surface area contributed by atoms with Gasteiger partial charge in [0.15, 0.2) is 9.84 Å². The number of aromatic nitrogens is 2. The van der Waals surface area contributed by atoms with Gasteiger partial charge in [0, 0.05) is 40.7 Å². The molecule has 0 spiro atoms. The summed E-state index contributed by atoms with van der Waals surface area (Å²) in [6.45, 7) is 4.17. The molecule has 1 unspecified atom stereocenters. The van der Waals surface area contributed by atoms with Crippen molar-refractivity contribution in [2.45, 2.75) is 50.0 Å². The fraction of sp³-hybridized carbons (Fsp3) is 0.391. The molecule has 0 saturated carbocycles. The summed E-state index contributed by atoms with van der Waals surface area (Å²) in [6, 6.07) is 7.39. The van der Waals surface area contributed by atoms with E-state index < -0.39 is 9.84 Å². The third kappa shape index (κ3) is 3.96. The van der Waals surface area contributed by atoms with Gasteiger partial charge in [0.05, 0.1) is 24.6 Å². The Morgan fingerprint density at radius 1 is 1.29 bits per heavy atom. The Morgan fingerprint density at radius 3 is 2.65 bits per heavy atom. The van der Waals surface area contributed by atoms with E-state index in [1.54, 1.807) is 13.1 Å². The van der Waals surface area contributed by atoms with E-state index in [2.05, 4.69) is 9.55 Å². The molecule has 1 aliphatic carbocycles. The number of fused-ring (bicyclic) bond motifs is 3. The van der Waals surface area contributed by atoms with Crippen LogP contribution in [0, 0.1) is 0 Å². The van der Waals surface area contributed by atoms with Crippen LogP contribution in [0.15, 0.2) is 41.6 Å². The largest absolute Gasteiger partial charge is 0.466 e. The first-order chi connectivity index (χ1) is 14.7. The zero-order valence-corrected chi connectivity index (χ0v) is 19.3. The standard InChI is InChI=1S/C23H25ClN2O4S/c1-4-30-21(27)11-16-7-10-18-19-12-25-13-20(31(3,28)29)23(19)26(22(16)18)14(2)15-5-8-17(24)9-6-15/h5-6,8-9,12-14,16H,4,7,10-11H2,1-3H3/t14-,16?/m0/s1. The SMILES string of the molecule is CCOC(=O)CC1CCc2c1n([C@@H](C)c1ccc(Cl)cc1)c1c(S(C)(=O)=O)cncc21. The number of carbonyl (C=O) groups excluding carboxylic acids is 1. The molecule has 3 aromatic rings. The number of pyridine rings is 1. The Hall–Kier alpha value is -2.38. The highest BCUT2D eigenvalue weighted by Gasteiger charge is 2.35. The van der Waals surface area contributed by atoms with Gasteiger partial charge >= 0.3 is 5.97 Å². The first-order valence-corrected chi connectivity index (χ1v) is 12.6. The number of sulfone groups is 1. The molecular weight excluding hydrogens is 436 g/mol. The molecule has 2 atom stereocenters. The van der Waals surface area contributed by atoms with E-state index in [1.165, 1.54) is 12.5 Å². The number of nitrogens with zero attached hydrogens (tertiary/aromatic N) is 2. The van der Waals surface area contributed by atoms with Crippen molar-refractivity contribution in [2.75, 3.05) is 12.9 Å². The second kappa shape index (κ2) is 8.28. The normalized spacial score (nSPS) is 17.0. The highest BCUT2D eigenvalue weighted by molar-refractivity contribution is 7.91. The van der Waals surface area contributed by atoms with Gasteiger partial charge in [-0.05, 0) is 49.9 Å². The molecule has 1 aliphatic rings. The average Bonchev–Trinajstić information content (AvgIpc) is 3.26. The van der Waals surface area contributed by atoms with Crippen molar-refractivity contribution in [1.82, 2.24) is 9.55 Å². The highest BCUT2D eigenvalue weighted by atomic mass is 35.5. The fourth-order valence-electron chi connectivity index (χ4n) is 4.65. The minimum atomic E-state index is -3.51. The number of hydrogen-bond donors (Lipinski definition) is 0. The van der Waals surface area contributed by atoms with Crippen molar-refractivity contribution in [3.05, 3.63) is 58.5 Å². The number of ether oxygens (including phenoxy) is 1. The van der Waals surface area contributed by atoms with E-state index in [1.807, 2.05) is 31.2 Å². The van der Waals surface area contributed by atoms with Crippen LogP contribution in [0.4, 0.5) is 0 Å². The lowest BCUT2D eigenvalue weighted by Gasteiger charge is -2.23. The third-order valence-corrected chi connectivity index (χ3v) is 7.36. The van der Waals surface area contributed by atoms with E-state index >= 15 is 0 Å². The van der Waals surface area contributed by atoms with Crippen molar-refractivity contribution in [2.24, 2.45) is 0 Å². The first-order valence-electron chi connectivity index (χ1n) is 10.3. The number of halogens is 1. The molecule has 0 aliphatic heterocycles. The van der Waals surface area contributed by atoms with Gasteiger partial charge in [-0.3, -0.25) is 9.78 Å². The van der Waals surface area contributed by atoms with E-state index in [4.69, 9.17) is 16.3 Å². The van der Waals surface area contributed by atoms with Crippen LogP contribution >= 0.6 is 11.6 Å². The van der Waals surface area contributed by atoms with Gasteiger partial charge in [-0.25, -0.2) is 8.42 Å². The number of esters is 1. The Balaban J connectivity index is 1.97. The molecule has 0 fully saturated rings. The van der Waals surface area contributed by atoms with E-state index in [9.17, 15) is 13.2 Å². The van der Waals surface area contributed by atoms with Gasteiger partial charge in [0.2, 0.25) is 0 Å². The van der Waals surface area contributed by atoms with E-state index in [-0.39, 0.29) is 29.2 Å². The molecule has 31 heavy (non-hydrogen) atoms. The van der Waals surface area contributed by atoms with Crippen molar-refractivity contribution in [3.63, 3.8) is 0 Å². The maximum Gasteiger partial charge on any atom is 0.306 e. The molecule has 2 aromatic heterocycles. The maximum atomic E-state index is 12.6. The Bertz CT molecular complexity index is 1250. The number of hydrogen-bond acceptors (Lipinski definition) is 5. The molecular formula is C23H25ClN2O4S. The molecule has 0 amide bonds. The van der Waals surface area contributed by atoms with Crippen LogP contribution in [-0.4, -0.2) is 36.8 Å². The van der Waals surface area contributed by atoms with Gasteiger partial charge in [-0.2, -0.15) is 0 Å². The van der Waals surface area contributed by atoms with Crippen LogP contribution in [0.5, 0.6) is 0 Å². The fourth-order valence-corrected chi connectivity index (χ4v) is 5.59. The smallest absolute Gasteiger partial charge is 0.306 e. The zero-order valence-electron chi connectivity index (χ0n) is 17.8. The number of carbonyl (C=O) groups is 1. The van der Waals surface area contributed by atoms with Crippen LogP contribution in [0.1, 0.15) is 55.5 Å². The van der Waals surface area contributed by atoms with Crippen LogP contribution in [0.3, 0.4) is 0 Å². The molecule has 0 N–H and O–H groups in total. The lowest BCUT2D eigenvalue weighted by molar-refractivity contribution is -0.143. The van der Waals surface area contributed by atoms with Crippen molar-refractivity contribution < 1.29 is 17.9 Å². The summed E-state index contributed by atoms with van der Waals surface area (Å²) in [5.74, 6) is -0.277. The second-order valence-corrected chi connectivity index (χ2v) is 10.4. The molecule has 0 saturated heterocycles. The van der Waals surface area contributed by atoms with E-state index in [0.717, 1.165) is 35.0 Å². The third-order valence-electron chi connectivity index (χ3n) is 6.01. The predicted octanol–water partition coefficient (Wildman–Crippen LogP) is 4.69. The number of benzene rings is 1. The Morgan fingerprint density at radius 2 is 2.00 bits per heavy atom. The van der Waals surface area contributed by atoms with E-state index in [0.29, 0.717) is 17.1 Å². The molecule has 8 heteroatoms. The summed E-state index contributed by atoms with van der Waals surface area (Å²) >= 11 is 6.08. The number of rotatable bonds is 6. The Labute approximate surface area is 187 Å². The molecule has 6 nitrogen and oxygen atoms in total. The van der Waals surface area contributed by atoms with Gasteiger partial charge < -0.3 is 9.30 Å². The Kier molecular flexibility index (Phi) is 5.83. The van der Waals surface area contributed by atoms with Crippen LogP contribution in [0.2, 0.25) is 5.02 Å². The quantitative estimate of drug-likeness (QED) is 0.499. The second-order valence-electron chi connectivity index (χ2n) is 8.01. The predicted molar refractivity (Wildman–Crippen MR) is 120 cm³/mol.